The van der Waals surface area contributed by atoms with Crippen LogP contribution in [-0.2, 0) is 13.0 Å². The second-order valence-electron chi connectivity index (χ2n) is 3.38. The third kappa shape index (κ3) is 2.27. The summed E-state index contributed by atoms with van der Waals surface area (Å²) < 4.78 is 1.66. The van der Waals surface area contributed by atoms with E-state index >= 15 is 0 Å². The van der Waals surface area contributed by atoms with Crippen molar-refractivity contribution in [1.82, 2.24) is 14.8 Å². The van der Waals surface area contributed by atoms with Crippen molar-refractivity contribution in [3.8, 4) is 0 Å². The highest BCUT2D eigenvalue weighted by Crippen LogP contribution is 2.11. The fourth-order valence-electron chi connectivity index (χ4n) is 1.33. The molecule has 2 N–H and O–H groups in total. The van der Waals surface area contributed by atoms with Crippen LogP contribution in [0.4, 0.5) is 0 Å². The molecular weight excluding hydrogens is 224 g/mol. The summed E-state index contributed by atoms with van der Waals surface area (Å²) in [5, 5.41) is 7.16. The van der Waals surface area contributed by atoms with Crippen molar-refractivity contribution in [3.63, 3.8) is 0 Å². The van der Waals surface area contributed by atoms with Crippen molar-refractivity contribution < 1.29 is 4.79 Å². The highest BCUT2D eigenvalue weighted by atomic mass is 32.1. The molecule has 0 saturated carbocycles. The van der Waals surface area contributed by atoms with E-state index in [4.69, 9.17) is 5.73 Å². The first-order valence-electron chi connectivity index (χ1n) is 4.94. The summed E-state index contributed by atoms with van der Waals surface area (Å²) in [6.07, 6.45) is 4.04. The number of hydrogen-bond donors (Lipinski definition) is 1. The predicted molar refractivity (Wildman–Crippen MR) is 61.3 cm³/mol. The lowest BCUT2D eigenvalue weighted by atomic mass is 10.3. The number of thiazole rings is 1. The Bertz CT molecular complexity index is 502. The lowest BCUT2D eigenvalue weighted by Gasteiger charge is -1.96. The first-order valence-corrected chi connectivity index (χ1v) is 5.82. The van der Waals surface area contributed by atoms with Gasteiger partial charge in [0, 0.05) is 11.6 Å². The van der Waals surface area contributed by atoms with Crippen molar-refractivity contribution >= 4 is 17.2 Å². The Labute approximate surface area is 96.9 Å². The number of carbonyl (C=O) groups excluding carboxylic acids is 1. The average Bonchev–Trinajstić information content (AvgIpc) is 2.87. The Hall–Kier alpha value is -1.69. The molecule has 0 unspecified atom stereocenters. The van der Waals surface area contributed by atoms with E-state index in [-0.39, 0.29) is 0 Å². The molecule has 2 aromatic heterocycles. The van der Waals surface area contributed by atoms with Crippen LogP contribution in [0.2, 0.25) is 0 Å². The molecule has 0 bridgehead atoms. The van der Waals surface area contributed by atoms with Crippen LogP contribution in [0.15, 0.2) is 17.8 Å². The third-order valence-electron chi connectivity index (χ3n) is 2.14. The summed E-state index contributed by atoms with van der Waals surface area (Å²) in [6, 6.07) is 0. The van der Waals surface area contributed by atoms with Crippen molar-refractivity contribution in [2.45, 2.75) is 19.9 Å². The van der Waals surface area contributed by atoms with Gasteiger partial charge in [-0.3, -0.25) is 9.48 Å². The molecule has 0 aromatic carbocycles. The number of nitrogens with zero attached hydrogens (tertiary/aromatic N) is 3. The van der Waals surface area contributed by atoms with E-state index < -0.39 is 5.91 Å². The first-order chi connectivity index (χ1) is 7.69. The molecule has 0 fully saturated rings. The van der Waals surface area contributed by atoms with Crippen LogP contribution in [0.5, 0.6) is 0 Å². The highest BCUT2D eigenvalue weighted by Gasteiger charge is 2.06. The lowest BCUT2D eigenvalue weighted by Crippen LogP contribution is -2.09. The molecule has 0 aliphatic carbocycles. The predicted octanol–water partition coefficient (Wildman–Crippen LogP) is 1.05. The van der Waals surface area contributed by atoms with Crippen LogP contribution < -0.4 is 5.73 Å². The summed E-state index contributed by atoms with van der Waals surface area (Å²) in [5.41, 5.74) is 6.52. The zero-order valence-corrected chi connectivity index (χ0v) is 9.70. The highest BCUT2D eigenvalue weighted by molar-refractivity contribution is 7.09. The first kappa shape index (κ1) is 10.8. The van der Waals surface area contributed by atoms with E-state index in [1.807, 2.05) is 5.38 Å². The number of primary amides is 1. The van der Waals surface area contributed by atoms with E-state index in [0.29, 0.717) is 12.1 Å². The van der Waals surface area contributed by atoms with Crippen LogP contribution in [0, 0.1) is 0 Å². The number of amides is 1. The molecule has 0 spiro atoms. The zero-order chi connectivity index (χ0) is 11.5. The molecule has 0 aliphatic heterocycles. The van der Waals surface area contributed by atoms with Gasteiger partial charge in [0.25, 0.3) is 5.91 Å². The second-order valence-corrected chi connectivity index (χ2v) is 4.32. The summed E-state index contributed by atoms with van der Waals surface area (Å²) in [7, 11) is 0. The standard InChI is InChI=1S/C10H12N4OS/c1-2-9-13-8(6-16-9)5-14-4-7(3-12-14)10(11)15/h3-4,6H,2,5H2,1H3,(H2,11,15). The number of rotatable bonds is 4. The number of aromatic nitrogens is 3. The summed E-state index contributed by atoms with van der Waals surface area (Å²) in [6.45, 7) is 2.64. The monoisotopic (exact) mass is 236 g/mol. The molecule has 2 aromatic rings. The molecule has 2 heterocycles. The van der Waals surface area contributed by atoms with Gasteiger partial charge in [-0.1, -0.05) is 6.92 Å². The van der Waals surface area contributed by atoms with Crippen molar-refractivity contribution in [2.75, 3.05) is 0 Å². The van der Waals surface area contributed by atoms with E-state index in [2.05, 4.69) is 17.0 Å². The van der Waals surface area contributed by atoms with Gasteiger partial charge in [0.1, 0.15) is 0 Å². The third-order valence-corrected chi connectivity index (χ3v) is 3.19. The Morgan fingerprint density at radius 3 is 3.00 bits per heavy atom. The zero-order valence-electron chi connectivity index (χ0n) is 8.88. The van der Waals surface area contributed by atoms with E-state index in [1.54, 1.807) is 22.2 Å². The van der Waals surface area contributed by atoms with Crippen LogP contribution in [0.1, 0.15) is 28.0 Å². The van der Waals surface area contributed by atoms with Crippen LogP contribution in [-0.4, -0.2) is 20.7 Å². The number of nitrogens with two attached hydrogens (primary N) is 1. The summed E-state index contributed by atoms with van der Waals surface area (Å²) in [4.78, 5) is 15.3. The Morgan fingerprint density at radius 2 is 2.44 bits per heavy atom. The minimum Gasteiger partial charge on any atom is -0.366 e. The molecule has 0 radical (unpaired) electrons. The molecule has 0 saturated heterocycles. The molecule has 0 atom stereocenters. The lowest BCUT2D eigenvalue weighted by molar-refractivity contribution is 0.1000. The van der Waals surface area contributed by atoms with Crippen LogP contribution >= 0.6 is 11.3 Å². The van der Waals surface area contributed by atoms with Gasteiger partial charge in [0.15, 0.2) is 0 Å². The summed E-state index contributed by atoms with van der Waals surface area (Å²) in [5.74, 6) is -0.459. The topological polar surface area (TPSA) is 73.8 Å². The minimum absolute atomic E-state index is 0.422. The number of aryl methyl sites for hydroxylation is 1. The molecular formula is C10H12N4OS. The van der Waals surface area contributed by atoms with Gasteiger partial charge in [-0.2, -0.15) is 5.10 Å². The van der Waals surface area contributed by atoms with Gasteiger partial charge < -0.3 is 5.73 Å². The minimum atomic E-state index is -0.459. The molecule has 5 nitrogen and oxygen atoms in total. The largest absolute Gasteiger partial charge is 0.366 e. The Morgan fingerprint density at radius 1 is 1.62 bits per heavy atom. The molecule has 16 heavy (non-hydrogen) atoms. The molecule has 84 valence electrons. The molecule has 6 heteroatoms. The SMILES string of the molecule is CCc1nc(Cn2cc(C(N)=O)cn2)cs1. The van der Waals surface area contributed by atoms with Gasteiger partial charge in [0.2, 0.25) is 0 Å². The smallest absolute Gasteiger partial charge is 0.251 e. The fraction of sp³-hybridized carbons (Fsp3) is 0.300. The van der Waals surface area contributed by atoms with Gasteiger partial charge in [-0.25, -0.2) is 4.98 Å². The second kappa shape index (κ2) is 4.44. The quantitative estimate of drug-likeness (QED) is 0.862. The Balaban J connectivity index is 2.11. The molecule has 1 amide bonds. The van der Waals surface area contributed by atoms with Crippen molar-refractivity contribution in [2.24, 2.45) is 5.73 Å². The van der Waals surface area contributed by atoms with Crippen LogP contribution in [0.25, 0.3) is 0 Å². The van der Waals surface area contributed by atoms with Gasteiger partial charge >= 0.3 is 0 Å². The normalized spacial score (nSPS) is 10.6. The van der Waals surface area contributed by atoms with Gasteiger partial charge in [0.05, 0.1) is 29.0 Å². The van der Waals surface area contributed by atoms with Crippen molar-refractivity contribution in [3.05, 3.63) is 34.0 Å². The summed E-state index contributed by atoms with van der Waals surface area (Å²) >= 11 is 1.64. The maximum Gasteiger partial charge on any atom is 0.251 e. The molecule has 0 aliphatic rings. The fourth-order valence-corrected chi connectivity index (χ4v) is 2.06. The Kier molecular flexibility index (Phi) is 3.00. The van der Waals surface area contributed by atoms with Crippen molar-refractivity contribution in [1.29, 1.82) is 0 Å². The average molecular weight is 236 g/mol. The van der Waals surface area contributed by atoms with Gasteiger partial charge in [-0.05, 0) is 6.42 Å². The maximum absolute atomic E-state index is 10.9. The van der Waals surface area contributed by atoms with E-state index in [0.717, 1.165) is 17.1 Å². The van der Waals surface area contributed by atoms with E-state index in [9.17, 15) is 4.79 Å². The van der Waals surface area contributed by atoms with E-state index in [1.165, 1.54) is 6.20 Å². The van der Waals surface area contributed by atoms with Crippen LogP contribution in [0.3, 0.4) is 0 Å². The number of hydrogen-bond acceptors (Lipinski definition) is 4. The molecule has 2 rings (SSSR count). The van der Waals surface area contributed by atoms with Gasteiger partial charge in [-0.15, -0.1) is 11.3 Å². The number of carbonyl (C=O) groups is 1. The maximum atomic E-state index is 10.9.